The van der Waals surface area contributed by atoms with Crippen LogP contribution in [0.3, 0.4) is 0 Å². The van der Waals surface area contributed by atoms with Gasteiger partial charge in [-0.2, -0.15) is 0 Å². The average molecular weight is 483 g/mol. The van der Waals surface area contributed by atoms with Gasteiger partial charge in [0.25, 0.3) is 0 Å². The molecule has 1 N–H and O–H groups in total. The predicted octanol–water partition coefficient (Wildman–Crippen LogP) is 5.54. The molecule has 0 bridgehead atoms. The molecule has 10 heteroatoms. The minimum Gasteiger partial charge on any atom is -0.480 e. The van der Waals surface area contributed by atoms with Gasteiger partial charge in [0.05, 0.1) is 16.4 Å². The first-order chi connectivity index (χ1) is 14.2. The normalized spacial score (nSPS) is 11.5. The fourth-order valence-corrected chi connectivity index (χ4v) is 5.21. The molecular weight excluding hydrogens is 463 g/mol. The first kappa shape index (κ1) is 22.8. The molecular formula is C20H20Cl2N4O2S2. The first-order valence-corrected chi connectivity index (χ1v) is 11.5. The molecule has 158 valence electrons. The van der Waals surface area contributed by atoms with E-state index in [9.17, 15) is 9.90 Å². The van der Waals surface area contributed by atoms with Gasteiger partial charge in [0.15, 0.2) is 10.2 Å². The number of aliphatic carboxylic acids is 1. The predicted molar refractivity (Wildman–Crippen MR) is 124 cm³/mol. The molecule has 0 radical (unpaired) electrons. The molecule has 3 rings (SSSR count). The fourth-order valence-electron chi connectivity index (χ4n) is 2.48. The van der Waals surface area contributed by atoms with Crippen LogP contribution in [-0.4, -0.2) is 44.6 Å². The Bertz CT molecular complexity index is 1040. The Hall–Kier alpha value is -1.87. The highest BCUT2D eigenvalue weighted by Gasteiger charge is 2.29. The molecule has 3 aromatic rings. The number of nitrogens with zero attached hydrogens (tertiary/aromatic N) is 4. The van der Waals surface area contributed by atoms with Gasteiger partial charge in [0.2, 0.25) is 0 Å². The van der Waals surface area contributed by atoms with Crippen LogP contribution in [0.4, 0.5) is 5.82 Å². The van der Waals surface area contributed by atoms with Crippen molar-refractivity contribution in [2.24, 2.45) is 0 Å². The molecule has 0 aliphatic rings. The third kappa shape index (κ3) is 5.63. The van der Waals surface area contributed by atoms with Gasteiger partial charge in [0, 0.05) is 36.0 Å². The molecule has 1 aromatic carbocycles. The number of anilines is 1. The summed E-state index contributed by atoms with van der Waals surface area (Å²) in [6.07, 6.45) is 0.716. The molecule has 2 aromatic heterocycles. The minimum atomic E-state index is -0.907. The summed E-state index contributed by atoms with van der Waals surface area (Å²) in [4.78, 5) is 17.8. The minimum absolute atomic E-state index is 0.529. The molecule has 30 heavy (non-hydrogen) atoms. The van der Waals surface area contributed by atoms with Gasteiger partial charge in [-0.15, -0.1) is 21.5 Å². The smallest absolute Gasteiger partial charge is 0.319 e. The van der Waals surface area contributed by atoms with E-state index in [0.29, 0.717) is 28.7 Å². The van der Waals surface area contributed by atoms with Gasteiger partial charge in [-0.05, 0) is 44.2 Å². The van der Waals surface area contributed by atoms with Crippen molar-refractivity contribution >= 4 is 58.1 Å². The van der Waals surface area contributed by atoms with E-state index in [2.05, 4.69) is 15.2 Å². The van der Waals surface area contributed by atoms with Gasteiger partial charge < -0.3 is 10.0 Å². The van der Waals surface area contributed by atoms with Crippen molar-refractivity contribution in [3.05, 3.63) is 51.5 Å². The number of thiazole rings is 1. The number of carboxylic acids is 1. The highest BCUT2D eigenvalue weighted by Crippen LogP contribution is 2.35. The molecule has 0 spiro atoms. The Balaban J connectivity index is 1.60. The Kier molecular flexibility index (Phi) is 7.23. The van der Waals surface area contributed by atoms with Crippen molar-refractivity contribution in [3.8, 4) is 11.3 Å². The molecule has 6 nitrogen and oxygen atoms in total. The van der Waals surface area contributed by atoms with Crippen molar-refractivity contribution in [1.29, 1.82) is 0 Å². The van der Waals surface area contributed by atoms with Gasteiger partial charge in [0.1, 0.15) is 4.75 Å². The van der Waals surface area contributed by atoms with E-state index >= 15 is 0 Å². The number of hydrogen-bond acceptors (Lipinski definition) is 7. The Morgan fingerprint density at radius 3 is 2.63 bits per heavy atom. The number of hydrogen-bond donors (Lipinski definition) is 1. The van der Waals surface area contributed by atoms with Crippen molar-refractivity contribution in [1.82, 2.24) is 15.2 Å². The standard InChI is InChI=1S/C20H20Cl2N4O2S2/c1-20(2,18(27)28)30-19-23-13(11-29-19)8-9-26(3)17-7-6-16(24-25-17)14-5-4-12(21)10-15(14)22/h4-7,10-11H,8-9H2,1-3H3,(H,27,28). The summed E-state index contributed by atoms with van der Waals surface area (Å²) in [5.41, 5.74) is 2.38. The van der Waals surface area contributed by atoms with Crippen LogP contribution in [-0.2, 0) is 11.2 Å². The fraction of sp³-hybridized carbons (Fsp3) is 0.300. The number of aromatic nitrogens is 3. The van der Waals surface area contributed by atoms with E-state index < -0.39 is 10.7 Å². The van der Waals surface area contributed by atoms with Crippen LogP contribution in [0.1, 0.15) is 19.5 Å². The summed E-state index contributed by atoms with van der Waals surface area (Å²) in [7, 11) is 1.94. The lowest BCUT2D eigenvalue weighted by atomic mass is 10.1. The lowest BCUT2D eigenvalue weighted by Gasteiger charge is -2.17. The number of thioether (sulfide) groups is 1. The zero-order valence-corrected chi connectivity index (χ0v) is 19.7. The van der Waals surface area contributed by atoms with E-state index in [1.54, 1.807) is 26.0 Å². The van der Waals surface area contributed by atoms with E-state index in [-0.39, 0.29) is 0 Å². The van der Waals surface area contributed by atoms with Crippen LogP contribution >= 0.6 is 46.3 Å². The zero-order chi connectivity index (χ0) is 21.9. The van der Waals surface area contributed by atoms with Crippen LogP contribution in [0.25, 0.3) is 11.3 Å². The van der Waals surface area contributed by atoms with Crippen molar-refractivity contribution < 1.29 is 9.90 Å². The molecule has 0 amide bonds. The van der Waals surface area contributed by atoms with Crippen molar-refractivity contribution in [2.45, 2.75) is 29.4 Å². The monoisotopic (exact) mass is 482 g/mol. The van der Waals surface area contributed by atoms with Crippen molar-refractivity contribution in [2.75, 3.05) is 18.5 Å². The zero-order valence-electron chi connectivity index (χ0n) is 16.6. The average Bonchev–Trinajstić information content (AvgIpc) is 3.13. The number of carboxylic acid groups (broad SMARTS) is 1. The summed E-state index contributed by atoms with van der Waals surface area (Å²) >= 11 is 14.9. The lowest BCUT2D eigenvalue weighted by Crippen LogP contribution is -2.26. The molecule has 0 aliphatic carbocycles. The van der Waals surface area contributed by atoms with Gasteiger partial charge >= 0.3 is 5.97 Å². The molecule has 0 atom stereocenters. The molecule has 0 saturated carbocycles. The molecule has 0 unspecified atom stereocenters. The van der Waals surface area contributed by atoms with Crippen molar-refractivity contribution in [3.63, 3.8) is 0 Å². The van der Waals surface area contributed by atoms with E-state index in [0.717, 1.165) is 21.4 Å². The number of halogens is 2. The van der Waals surface area contributed by atoms with Crippen LogP contribution in [0.2, 0.25) is 10.0 Å². The number of benzene rings is 1. The van der Waals surface area contributed by atoms with Crippen LogP contribution in [0.5, 0.6) is 0 Å². The summed E-state index contributed by atoms with van der Waals surface area (Å²) in [5.74, 6) is -0.119. The summed E-state index contributed by atoms with van der Waals surface area (Å²) < 4.78 is -0.153. The quantitative estimate of drug-likeness (QED) is 0.422. The largest absolute Gasteiger partial charge is 0.480 e. The van der Waals surface area contributed by atoms with E-state index in [1.807, 2.05) is 35.5 Å². The van der Waals surface area contributed by atoms with Gasteiger partial charge in [-0.3, -0.25) is 4.79 Å². The highest BCUT2D eigenvalue weighted by atomic mass is 35.5. The Labute approximate surface area is 193 Å². The second-order valence-corrected chi connectivity index (χ2v) is 10.7. The lowest BCUT2D eigenvalue weighted by molar-refractivity contribution is -0.138. The Morgan fingerprint density at radius 1 is 1.23 bits per heavy atom. The second kappa shape index (κ2) is 9.51. The Morgan fingerprint density at radius 2 is 2.00 bits per heavy atom. The van der Waals surface area contributed by atoms with Crippen LogP contribution in [0, 0.1) is 0 Å². The molecule has 2 heterocycles. The van der Waals surface area contributed by atoms with E-state index in [1.165, 1.54) is 23.1 Å². The number of likely N-dealkylation sites (N-methyl/N-ethyl adjacent to an activating group) is 1. The maximum Gasteiger partial charge on any atom is 0.319 e. The van der Waals surface area contributed by atoms with Gasteiger partial charge in [-0.1, -0.05) is 35.0 Å². The third-order valence-corrected chi connectivity index (χ3v) is 7.06. The first-order valence-electron chi connectivity index (χ1n) is 9.03. The maximum atomic E-state index is 11.3. The summed E-state index contributed by atoms with van der Waals surface area (Å²) in [5, 5.41) is 20.9. The number of carbonyl (C=O) groups is 1. The van der Waals surface area contributed by atoms with Crippen LogP contribution < -0.4 is 4.90 Å². The second-order valence-electron chi connectivity index (χ2n) is 7.09. The molecule has 0 fully saturated rings. The molecule has 0 aliphatic heterocycles. The van der Waals surface area contributed by atoms with Gasteiger partial charge in [-0.25, -0.2) is 4.98 Å². The summed E-state index contributed by atoms with van der Waals surface area (Å²) in [6.45, 7) is 4.05. The van der Waals surface area contributed by atoms with E-state index in [4.69, 9.17) is 23.2 Å². The maximum absolute atomic E-state index is 11.3. The third-order valence-electron chi connectivity index (χ3n) is 4.34. The topological polar surface area (TPSA) is 79.2 Å². The number of rotatable bonds is 8. The summed E-state index contributed by atoms with van der Waals surface area (Å²) in [6, 6.07) is 9.03. The van der Waals surface area contributed by atoms with Crippen LogP contribution in [0.15, 0.2) is 40.1 Å². The highest BCUT2D eigenvalue weighted by molar-refractivity contribution is 8.03. The SMILES string of the molecule is CN(CCc1csc(SC(C)(C)C(=O)O)n1)c1ccc(-c2ccc(Cl)cc2Cl)nn1. The molecule has 0 saturated heterocycles.